The molecule has 1 aromatic carbocycles. The Hall–Kier alpha value is -1.51. The van der Waals surface area contributed by atoms with Crippen molar-refractivity contribution in [2.24, 2.45) is 0 Å². The smallest absolute Gasteiger partial charge is 0.310 e. The Morgan fingerprint density at radius 3 is 1.90 bits per heavy atom. The van der Waals surface area contributed by atoms with Crippen LogP contribution in [0.2, 0.25) is 0 Å². The van der Waals surface area contributed by atoms with Crippen molar-refractivity contribution < 1.29 is 15.0 Å². The van der Waals surface area contributed by atoms with Gasteiger partial charge >= 0.3 is 5.97 Å². The largest absolute Gasteiger partial charge is 0.507 e. The molecule has 1 rings (SSSR count). The molecule has 112 valence electrons. The molecular weight excluding hydrogens is 252 g/mol. The van der Waals surface area contributed by atoms with E-state index in [2.05, 4.69) is 0 Å². The Labute approximate surface area is 121 Å². The Bertz CT molecular complexity index is 516. The number of phenolic OH excluding ortho intramolecular Hbond substituents is 1. The van der Waals surface area contributed by atoms with Crippen LogP contribution in [0.1, 0.15) is 71.1 Å². The van der Waals surface area contributed by atoms with E-state index in [1.54, 1.807) is 6.92 Å². The Morgan fingerprint density at radius 1 is 1.05 bits per heavy atom. The Balaban J connectivity index is 3.66. The van der Waals surface area contributed by atoms with Gasteiger partial charge in [0.05, 0.1) is 5.92 Å². The van der Waals surface area contributed by atoms with Gasteiger partial charge in [-0.05, 0) is 28.9 Å². The zero-order chi connectivity index (χ0) is 15.9. The molecule has 0 radical (unpaired) electrons. The van der Waals surface area contributed by atoms with E-state index in [0.29, 0.717) is 5.56 Å². The molecule has 0 amide bonds. The van der Waals surface area contributed by atoms with Gasteiger partial charge in [-0.1, -0.05) is 53.7 Å². The fraction of sp³-hybridized carbons (Fsp3) is 0.588. The number of aliphatic carboxylic acids is 1. The molecule has 0 aliphatic carbocycles. The van der Waals surface area contributed by atoms with E-state index in [1.165, 1.54) is 0 Å². The van der Waals surface area contributed by atoms with E-state index >= 15 is 0 Å². The molecule has 3 heteroatoms. The molecule has 0 bridgehead atoms. The minimum atomic E-state index is -0.876. The maximum Gasteiger partial charge on any atom is 0.310 e. The molecule has 0 fully saturated rings. The van der Waals surface area contributed by atoms with E-state index < -0.39 is 11.9 Å². The molecule has 1 atom stereocenters. The lowest BCUT2D eigenvalue weighted by molar-refractivity contribution is -0.138. The van der Waals surface area contributed by atoms with Crippen molar-refractivity contribution in [3.63, 3.8) is 0 Å². The van der Waals surface area contributed by atoms with E-state index in [9.17, 15) is 15.0 Å². The van der Waals surface area contributed by atoms with Crippen molar-refractivity contribution >= 4 is 5.97 Å². The summed E-state index contributed by atoms with van der Waals surface area (Å²) in [6.45, 7) is 13.7. The number of rotatable bonds is 2. The number of phenols is 1. The van der Waals surface area contributed by atoms with Gasteiger partial charge in [0.1, 0.15) is 5.75 Å². The quantitative estimate of drug-likeness (QED) is 0.853. The third-order valence-electron chi connectivity index (χ3n) is 3.61. The molecule has 0 spiro atoms. The van der Waals surface area contributed by atoms with Crippen LogP contribution in [-0.2, 0) is 15.6 Å². The normalized spacial score (nSPS) is 14.2. The van der Waals surface area contributed by atoms with Gasteiger partial charge in [0, 0.05) is 5.56 Å². The number of benzene rings is 1. The van der Waals surface area contributed by atoms with Gasteiger partial charge in [0.2, 0.25) is 0 Å². The van der Waals surface area contributed by atoms with Gasteiger partial charge in [-0.15, -0.1) is 0 Å². The van der Waals surface area contributed by atoms with Crippen molar-refractivity contribution in [2.45, 2.75) is 65.2 Å². The molecule has 0 aliphatic heterocycles. The lowest BCUT2D eigenvalue weighted by Crippen LogP contribution is -2.21. The maximum absolute atomic E-state index is 11.3. The first kappa shape index (κ1) is 16.5. The molecule has 0 saturated heterocycles. The second-order valence-electron chi connectivity index (χ2n) is 7.49. The maximum atomic E-state index is 11.3. The number of hydrogen-bond acceptors (Lipinski definition) is 2. The van der Waals surface area contributed by atoms with Crippen molar-refractivity contribution in [3.8, 4) is 5.75 Å². The predicted molar refractivity (Wildman–Crippen MR) is 81.6 cm³/mol. The number of carboxylic acid groups (broad SMARTS) is 1. The molecule has 1 aromatic rings. The summed E-state index contributed by atoms with van der Waals surface area (Å²) in [5, 5.41) is 19.9. The van der Waals surface area contributed by atoms with Crippen molar-refractivity contribution in [2.75, 3.05) is 0 Å². The van der Waals surface area contributed by atoms with Crippen molar-refractivity contribution in [3.05, 3.63) is 28.8 Å². The third kappa shape index (κ3) is 3.14. The minimum absolute atomic E-state index is 0.185. The molecule has 0 aromatic heterocycles. The minimum Gasteiger partial charge on any atom is -0.507 e. The zero-order valence-electron chi connectivity index (χ0n) is 13.5. The van der Waals surface area contributed by atoms with Crippen LogP contribution in [0.25, 0.3) is 0 Å². The SMILES string of the molecule is CC(C(=O)O)c1ccc(C(C)(C)C)c(O)c1C(C)(C)C. The van der Waals surface area contributed by atoms with Crippen LogP contribution < -0.4 is 0 Å². The summed E-state index contributed by atoms with van der Waals surface area (Å²) in [6.07, 6.45) is 0. The van der Waals surface area contributed by atoms with Gasteiger partial charge in [0.25, 0.3) is 0 Å². The lowest BCUT2D eigenvalue weighted by Gasteiger charge is -2.30. The number of carboxylic acids is 1. The van der Waals surface area contributed by atoms with Crippen LogP contribution in [-0.4, -0.2) is 16.2 Å². The van der Waals surface area contributed by atoms with Gasteiger partial charge in [-0.25, -0.2) is 0 Å². The molecule has 0 heterocycles. The van der Waals surface area contributed by atoms with Crippen LogP contribution >= 0.6 is 0 Å². The summed E-state index contributed by atoms with van der Waals surface area (Å²) in [6, 6.07) is 3.69. The van der Waals surface area contributed by atoms with Crippen LogP contribution in [0.4, 0.5) is 0 Å². The number of carbonyl (C=O) groups is 1. The standard InChI is InChI=1S/C17H26O3/c1-10(15(19)20)11-8-9-12(16(2,3)4)14(18)13(11)17(5,6)7/h8-10,18H,1-7H3,(H,19,20). The Kier molecular flexibility index (Phi) is 4.23. The molecule has 3 nitrogen and oxygen atoms in total. The van der Waals surface area contributed by atoms with Gasteiger partial charge in [-0.3, -0.25) is 4.79 Å². The fourth-order valence-corrected chi connectivity index (χ4v) is 2.49. The van der Waals surface area contributed by atoms with Gasteiger partial charge < -0.3 is 10.2 Å². The summed E-state index contributed by atoms with van der Waals surface area (Å²) in [5.41, 5.74) is 1.78. The topological polar surface area (TPSA) is 57.5 Å². The molecule has 0 saturated carbocycles. The van der Waals surface area contributed by atoms with Gasteiger partial charge in [0.15, 0.2) is 0 Å². The summed E-state index contributed by atoms with van der Waals surface area (Å²) < 4.78 is 0. The summed E-state index contributed by atoms with van der Waals surface area (Å²) in [7, 11) is 0. The number of aromatic hydroxyl groups is 1. The average molecular weight is 278 g/mol. The molecule has 1 unspecified atom stereocenters. The third-order valence-corrected chi connectivity index (χ3v) is 3.61. The van der Waals surface area contributed by atoms with E-state index in [0.717, 1.165) is 11.1 Å². The fourth-order valence-electron chi connectivity index (χ4n) is 2.49. The second-order valence-corrected chi connectivity index (χ2v) is 7.49. The number of hydrogen-bond donors (Lipinski definition) is 2. The average Bonchev–Trinajstić information content (AvgIpc) is 2.23. The van der Waals surface area contributed by atoms with Crippen LogP contribution in [0.15, 0.2) is 12.1 Å². The van der Waals surface area contributed by atoms with Gasteiger partial charge in [-0.2, -0.15) is 0 Å². The van der Waals surface area contributed by atoms with Crippen LogP contribution in [0.5, 0.6) is 5.75 Å². The highest BCUT2D eigenvalue weighted by atomic mass is 16.4. The highest BCUT2D eigenvalue weighted by Crippen LogP contribution is 2.42. The van der Waals surface area contributed by atoms with Crippen molar-refractivity contribution in [1.82, 2.24) is 0 Å². The van der Waals surface area contributed by atoms with Crippen LogP contribution in [0.3, 0.4) is 0 Å². The lowest BCUT2D eigenvalue weighted by atomic mass is 9.75. The van der Waals surface area contributed by atoms with E-state index in [4.69, 9.17) is 0 Å². The molecule has 0 aliphatic rings. The second kappa shape index (κ2) is 5.12. The monoisotopic (exact) mass is 278 g/mol. The first-order valence-corrected chi connectivity index (χ1v) is 6.97. The summed E-state index contributed by atoms with van der Waals surface area (Å²) in [4.78, 5) is 11.3. The molecule has 20 heavy (non-hydrogen) atoms. The van der Waals surface area contributed by atoms with E-state index in [-0.39, 0.29) is 16.6 Å². The summed E-state index contributed by atoms with van der Waals surface area (Å²) >= 11 is 0. The van der Waals surface area contributed by atoms with Crippen molar-refractivity contribution in [1.29, 1.82) is 0 Å². The Morgan fingerprint density at radius 2 is 1.55 bits per heavy atom. The van der Waals surface area contributed by atoms with E-state index in [1.807, 2.05) is 53.7 Å². The zero-order valence-corrected chi connectivity index (χ0v) is 13.5. The first-order valence-electron chi connectivity index (χ1n) is 6.97. The summed E-state index contributed by atoms with van der Waals surface area (Å²) in [5.74, 6) is -1.28. The molecular formula is C17H26O3. The highest BCUT2D eigenvalue weighted by Gasteiger charge is 2.31. The predicted octanol–water partition coefficient (Wildman–Crippen LogP) is 4.18. The first-order chi connectivity index (χ1) is 8.87. The molecule has 2 N–H and O–H groups in total. The van der Waals surface area contributed by atoms with Crippen LogP contribution in [0, 0.1) is 0 Å². The highest BCUT2D eigenvalue weighted by molar-refractivity contribution is 5.77.